The highest BCUT2D eigenvalue weighted by atomic mass is 16.5. The van der Waals surface area contributed by atoms with Crippen molar-refractivity contribution in [2.24, 2.45) is 11.8 Å². The van der Waals surface area contributed by atoms with E-state index in [0.29, 0.717) is 18.8 Å². The second-order valence-electron chi connectivity index (χ2n) is 8.28. The second-order valence-corrected chi connectivity index (χ2v) is 8.28. The van der Waals surface area contributed by atoms with Gasteiger partial charge < -0.3 is 19.1 Å². The second kappa shape index (κ2) is 6.29. The zero-order valence-corrected chi connectivity index (χ0v) is 16.7. The number of nitrogens with zero attached hydrogens (tertiary/aromatic N) is 3. The first-order valence-electron chi connectivity index (χ1n) is 9.80. The third-order valence-electron chi connectivity index (χ3n) is 6.45. The summed E-state index contributed by atoms with van der Waals surface area (Å²) in [6.07, 6.45) is 5.02. The number of fused-ring (bicyclic) bond motifs is 1. The first kappa shape index (κ1) is 18.1. The highest BCUT2D eigenvalue weighted by Gasteiger charge is 2.67. The average Bonchev–Trinajstić information content (AvgIpc) is 3.46. The van der Waals surface area contributed by atoms with Crippen LogP contribution in [0.25, 0.3) is 0 Å². The molecule has 2 bridgehead atoms. The lowest BCUT2D eigenvalue weighted by molar-refractivity contribution is -0.139. The minimum atomic E-state index is -0.727. The quantitative estimate of drug-likeness (QED) is 0.745. The predicted octanol–water partition coefficient (Wildman–Crippen LogP) is 2.24. The first-order chi connectivity index (χ1) is 13.9. The molecule has 2 amide bonds. The van der Waals surface area contributed by atoms with Gasteiger partial charge in [-0.3, -0.25) is 9.59 Å². The van der Waals surface area contributed by atoms with Gasteiger partial charge in [0, 0.05) is 18.8 Å². The molecule has 0 unspecified atom stereocenters. The van der Waals surface area contributed by atoms with Crippen molar-refractivity contribution in [1.29, 1.82) is 0 Å². The van der Waals surface area contributed by atoms with Crippen molar-refractivity contribution in [3.8, 4) is 0 Å². The Hall–Kier alpha value is -2.93. The largest absolute Gasteiger partial charge is 0.364 e. The van der Waals surface area contributed by atoms with Gasteiger partial charge in [-0.25, -0.2) is 0 Å². The standard InChI is InChI=1S/C22H23N3O4/c1-13-4-5-16(10-14(13)2)25-12-22-8-6-17(29-22)18(19(22)21(25)27)20(26)24(3)11-15-7-9-28-23-15/h4-10,17-19H,11-12H2,1-3H3/t17-,18+,19+,22-/m0/s1. The number of aryl methyl sites for hydroxylation is 2. The van der Waals surface area contributed by atoms with Gasteiger partial charge in [0.05, 0.1) is 31.0 Å². The SMILES string of the molecule is Cc1ccc(N2C[C@]34C=C[C@H](O3)[C@@H](C(=O)N(C)Cc3ccon3)[C@@H]4C2=O)cc1C. The maximum Gasteiger partial charge on any atom is 0.234 e. The lowest BCUT2D eigenvalue weighted by Gasteiger charge is -2.27. The molecule has 1 aromatic heterocycles. The van der Waals surface area contributed by atoms with Gasteiger partial charge in [-0.2, -0.15) is 0 Å². The van der Waals surface area contributed by atoms with E-state index in [0.717, 1.165) is 11.3 Å². The fraction of sp³-hybridized carbons (Fsp3) is 0.409. The Morgan fingerprint density at radius 1 is 1.31 bits per heavy atom. The molecule has 0 saturated carbocycles. The van der Waals surface area contributed by atoms with Crippen LogP contribution in [0.2, 0.25) is 0 Å². The molecule has 7 nitrogen and oxygen atoms in total. The number of hydrogen-bond acceptors (Lipinski definition) is 5. The third kappa shape index (κ3) is 2.64. The van der Waals surface area contributed by atoms with Gasteiger partial charge in [0.15, 0.2) is 0 Å². The minimum Gasteiger partial charge on any atom is -0.364 e. The van der Waals surface area contributed by atoms with Crippen LogP contribution in [-0.4, -0.2) is 47.2 Å². The lowest BCUT2D eigenvalue weighted by atomic mass is 9.76. The van der Waals surface area contributed by atoms with Crippen molar-refractivity contribution in [3.05, 3.63) is 59.5 Å². The Morgan fingerprint density at radius 2 is 2.14 bits per heavy atom. The van der Waals surface area contributed by atoms with Crippen molar-refractivity contribution in [1.82, 2.24) is 10.1 Å². The summed E-state index contributed by atoms with van der Waals surface area (Å²) in [5, 5.41) is 3.87. The number of benzene rings is 1. The molecule has 1 spiro atoms. The van der Waals surface area contributed by atoms with E-state index in [1.807, 2.05) is 44.2 Å². The summed E-state index contributed by atoms with van der Waals surface area (Å²) in [7, 11) is 1.72. The number of rotatable bonds is 4. The Kier molecular flexibility index (Phi) is 3.93. The zero-order valence-electron chi connectivity index (χ0n) is 16.7. The molecule has 5 rings (SSSR count). The van der Waals surface area contributed by atoms with Gasteiger partial charge >= 0.3 is 0 Å². The fourth-order valence-corrected chi connectivity index (χ4v) is 4.79. The van der Waals surface area contributed by atoms with Gasteiger partial charge in [-0.1, -0.05) is 23.4 Å². The number of carbonyl (C=O) groups excluding carboxylic acids is 2. The molecule has 0 aliphatic carbocycles. The van der Waals surface area contributed by atoms with Crippen molar-refractivity contribution < 1.29 is 18.8 Å². The highest BCUT2D eigenvalue weighted by Crippen LogP contribution is 2.53. The van der Waals surface area contributed by atoms with Gasteiger partial charge in [-0.15, -0.1) is 0 Å². The highest BCUT2D eigenvalue weighted by molar-refractivity contribution is 6.03. The maximum atomic E-state index is 13.4. The van der Waals surface area contributed by atoms with Crippen LogP contribution >= 0.6 is 0 Å². The molecule has 0 N–H and O–H groups in total. The van der Waals surface area contributed by atoms with E-state index >= 15 is 0 Å². The number of amides is 2. The molecule has 7 heteroatoms. The van der Waals surface area contributed by atoms with Crippen molar-refractivity contribution in [3.63, 3.8) is 0 Å². The fourth-order valence-electron chi connectivity index (χ4n) is 4.79. The van der Waals surface area contributed by atoms with Crippen LogP contribution in [0.4, 0.5) is 5.69 Å². The van der Waals surface area contributed by atoms with E-state index in [2.05, 4.69) is 5.16 Å². The smallest absolute Gasteiger partial charge is 0.234 e. The van der Waals surface area contributed by atoms with Gasteiger partial charge in [0.1, 0.15) is 17.6 Å². The van der Waals surface area contributed by atoms with Gasteiger partial charge in [0.2, 0.25) is 11.8 Å². The molecule has 3 aliphatic rings. The summed E-state index contributed by atoms with van der Waals surface area (Å²) in [4.78, 5) is 30.1. The summed E-state index contributed by atoms with van der Waals surface area (Å²) >= 11 is 0. The number of hydrogen-bond donors (Lipinski definition) is 0. The summed E-state index contributed by atoms with van der Waals surface area (Å²) in [6, 6.07) is 7.73. The van der Waals surface area contributed by atoms with Crippen LogP contribution in [0.1, 0.15) is 16.8 Å². The monoisotopic (exact) mass is 393 g/mol. The molecule has 0 radical (unpaired) electrons. The minimum absolute atomic E-state index is 0.0479. The van der Waals surface area contributed by atoms with Gasteiger partial charge in [-0.05, 0) is 37.1 Å². The molecule has 29 heavy (non-hydrogen) atoms. The summed E-state index contributed by atoms with van der Waals surface area (Å²) < 4.78 is 11.1. The molecule has 2 saturated heterocycles. The Morgan fingerprint density at radius 3 is 2.86 bits per heavy atom. The van der Waals surface area contributed by atoms with Crippen LogP contribution in [0, 0.1) is 25.7 Å². The van der Waals surface area contributed by atoms with Crippen molar-refractivity contribution >= 4 is 17.5 Å². The van der Waals surface area contributed by atoms with Crippen molar-refractivity contribution in [2.75, 3.05) is 18.5 Å². The van der Waals surface area contributed by atoms with Gasteiger partial charge in [0.25, 0.3) is 0 Å². The van der Waals surface area contributed by atoms with E-state index in [1.54, 1.807) is 22.9 Å². The van der Waals surface area contributed by atoms with Crippen LogP contribution < -0.4 is 4.90 Å². The van der Waals surface area contributed by atoms with E-state index in [1.165, 1.54) is 11.8 Å². The summed E-state index contributed by atoms with van der Waals surface area (Å²) in [5.41, 5.74) is 3.10. The van der Waals surface area contributed by atoms with E-state index in [-0.39, 0.29) is 17.9 Å². The molecule has 2 fully saturated rings. The first-order valence-corrected chi connectivity index (χ1v) is 9.80. The molecule has 4 atom stereocenters. The number of carbonyl (C=O) groups is 2. The van der Waals surface area contributed by atoms with Crippen LogP contribution in [0.15, 0.2) is 47.2 Å². The Balaban J connectivity index is 1.43. The molecule has 2 aromatic rings. The van der Waals surface area contributed by atoms with E-state index < -0.39 is 17.4 Å². The molecular weight excluding hydrogens is 370 g/mol. The molecule has 4 heterocycles. The Labute approximate surface area is 168 Å². The van der Waals surface area contributed by atoms with E-state index in [9.17, 15) is 9.59 Å². The van der Waals surface area contributed by atoms with E-state index in [4.69, 9.17) is 9.26 Å². The Bertz CT molecular complexity index is 1020. The molecule has 3 aliphatic heterocycles. The third-order valence-corrected chi connectivity index (χ3v) is 6.45. The maximum absolute atomic E-state index is 13.4. The van der Waals surface area contributed by atoms with Crippen LogP contribution in [-0.2, 0) is 20.9 Å². The molecule has 1 aromatic carbocycles. The van der Waals surface area contributed by atoms with Crippen LogP contribution in [0.5, 0.6) is 0 Å². The normalized spacial score (nSPS) is 29.6. The summed E-state index contributed by atoms with van der Waals surface area (Å²) in [6.45, 7) is 4.84. The zero-order chi connectivity index (χ0) is 20.3. The molecule has 150 valence electrons. The van der Waals surface area contributed by atoms with Crippen molar-refractivity contribution in [2.45, 2.75) is 32.1 Å². The van der Waals surface area contributed by atoms with Crippen LogP contribution in [0.3, 0.4) is 0 Å². The number of ether oxygens (including phenoxy) is 1. The number of anilines is 1. The predicted molar refractivity (Wildman–Crippen MR) is 105 cm³/mol. The number of aromatic nitrogens is 1. The summed E-state index contributed by atoms with van der Waals surface area (Å²) in [5.74, 6) is -1.19. The molecular formula is C22H23N3O4. The average molecular weight is 393 g/mol. The topological polar surface area (TPSA) is 75.9 Å². The lowest BCUT2D eigenvalue weighted by Crippen LogP contribution is -2.44.